The van der Waals surface area contributed by atoms with E-state index in [0.717, 1.165) is 11.1 Å². The van der Waals surface area contributed by atoms with Gasteiger partial charge in [0, 0.05) is 0 Å². The van der Waals surface area contributed by atoms with Crippen LogP contribution in [0.3, 0.4) is 0 Å². The smallest absolute Gasteiger partial charge is 0.338 e. The highest BCUT2D eigenvalue weighted by atomic mass is 35.5. The number of carbonyl (C=O) groups excluding carboxylic acids is 2. The number of ether oxygens (including phenoxy) is 2. The Morgan fingerprint density at radius 1 is 1.07 bits per heavy atom. The molecule has 0 fully saturated rings. The normalized spacial score (nSPS) is 10.7. The van der Waals surface area contributed by atoms with E-state index in [1.165, 1.54) is 0 Å². The zero-order valence-corrected chi connectivity index (χ0v) is 16.9. The van der Waals surface area contributed by atoms with E-state index in [-0.39, 0.29) is 6.10 Å². The second-order valence-electron chi connectivity index (χ2n) is 6.23. The molecule has 0 unspecified atom stereocenters. The number of anilines is 1. The zero-order chi connectivity index (χ0) is 20.0. The summed E-state index contributed by atoms with van der Waals surface area (Å²) >= 11 is 12.2. The second kappa shape index (κ2) is 9.74. The van der Waals surface area contributed by atoms with Crippen molar-refractivity contribution in [1.29, 1.82) is 0 Å². The van der Waals surface area contributed by atoms with Crippen LogP contribution < -0.4 is 5.32 Å². The average molecular weight is 410 g/mol. The maximum absolute atomic E-state index is 12.1. The van der Waals surface area contributed by atoms with Crippen LogP contribution in [0.1, 0.15) is 35.3 Å². The van der Waals surface area contributed by atoms with Gasteiger partial charge in [0.15, 0.2) is 6.61 Å². The maximum Gasteiger partial charge on any atom is 0.338 e. The summed E-state index contributed by atoms with van der Waals surface area (Å²) in [7, 11) is 0. The van der Waals surface area contributed by atoms with Crippen molar-refractivity contribution in [1.82, 2.24) is 0 Å². The van der Waals surface area contributed by atoms with Crippen LogP contribution in [0.15, 0.2) is 36.4 Å². The molecule has 0 bridgehead atoms. The number of hydrogen-bond donors (Lipinski definition) is 1. The lowest BCUT2D eigenvalue weighted by molar-refractivity contribution is -0.119. The van der Waals surface area contributed by atoms with E-state index < -0.39 is 18.5 Å². The summed E-state index contributed by atoms with van der Waals surface area (Å²) < 4.78 is 10.5. The van der Waals surface area contributed by atoms with Crippen LogP contribution in [0, 0.1) is 6.92 Å². The zero-order valence-electron chi connectivity index (χ0n) is 15.3. The molecule has 0 saturated carbocycles. The van der Waals surface area contributed by atoms with Crippen LogP contribution in [0.25, 0.3) is 0 Å². The van der Waals surface area contributed by atoms with Gasteiger partial charge in [-0.3, -0.25) is 4.79 Å². The van der Waals surface area contributed by atoms with E-state index in [2.05, 4.69) is 5.32 Å². The highest BCUT2D eigenvalue weighted by molar-refractivity contribution is 6.40. The summed E-state index contributed by atoms with van der Waals surface area (Å²) in [5.41, 5.74) is 2.37. The molecule has 0 heterocycles. The summed E-state index contributed by atoms with van der Waals surface area (Å²) in [5, 5.41) is 3.22. The topological polar surface area (TPSA) is 64.6 Å². The van der Waals surface area contributed by atoms with Crippen molar-refractivity contribution >= 4 is 40.8 Å². The molecule has 2 rings (SSSR count). The van der Waals surface area contributed by atoms with Gasteiger partial charge in [-0.1, -0.05) is 41.4 Å². The van der Waals surface area contributed by atoms with Crippen molar-refractivity contribution in [3.8, 4) is 0 Å². The lowest BCUT2D eigenvalue weighted by atomic mass is 10.1. The number of rotatable bonds is 7. The molecule has 0 radical (unpaired) electrons. The van der Waals surface area contributed by atoms with Crippen molar-refractivity contribution in [2.24, 2.45) is 0 Å². The molecule has 0 spiro atoms. The Balaban J connectivity index is 1.90. The summed E-state index contributed by atoms with van der Waals surface area (Å²) in [6.45, 7) is 5.72. The molecule has 0 aliphatic rings. The first-order valence-electron chi connectivity index (χ1n) is 8.40. The van der Waals surface area contributed by atoms with Crippen LogP contribution in [0.5, 0.6) is 0 Å². The van der Waals surface area contributed by atoms with Crippen molar-refractivity contribution < 1.29 is 19.1 Å². The number of esters is 1. The van der Waals surface area contributed by atoms with Gasteiger partial charge >= 0.3 is 5.97 Å². The van der Waals surface area contributed by atoms with Gasteiger partial charge in [-0.15, -0.1) is 0 Å². The molecular formula is C20H21Cl2NO4. The van der Waals surface area contributed by atoms with Gasteiger partial charge in [-0.05, 0) is 50.1 Å². The molecule has 0 saturated heterocycles. The molecule has 0 atom stereocenters. The Morgan fingerprint density at radius 2 is 1.74 bits per heavy atom. The molecule has 0 aliphatic carbocycles. The molecule has 144 valence electrons. The number of carbonyl (C=O) groups is 2. The molecule has 1 amide bonds. The highest BCUT2D eigenvalue weighted by Crippen LogP contribution is 2.32. The van der Waals surface area contributed by atoms with Gasteiger partial charge in [0.1, 0.15) is 0 Å². The second-order valence-corrected chi connectivity index (χ2v) is 7.02. The predicted molar refractivity (Wildman–Crippen MR) is 106 cm³/mol. The minimum absolute atomic E-state index is 0.128. The largest absolute Gasteiger partial charge is 0.452 e. The van der Waals surface area contributed by atoms with E-state index in [9.17, 15) is 9.59 Å². The third-order valence-corrected chi connectivity index (χ3v) is 4.46. The van der Waals surface area contributed by atoms with Crippen LogP contribution in [0.2, 0.25) is 10.0 Å². The Kier molecular flexibility index (Phi) is 7.66. The minimum atomic E-state index is -0.595. The molecule has 1 N–H and O–H groups in total. The summed E-state index contributed by atoms with van der Waals surface area (Å²) in [5.74, 6) is -1.12. The van der Waals surface area contributed by atoms with Gasteiger partial charge in [0.25, 0.3) is 5.91 Å². The SMILES string of the molecule is Cc1ccc(Cl)c(NC(=O)COC(=O)c2ccc(COC(C)C)cc2)c1Cl. The van der Waals surface area contributed by atoms with Crippen molar-refractivity contribution in [3.05, 3.63) is 63.1 Å². The van der Waals surface area contributed by atoms with Gasteiger partial charge in [-0.2, -0.15) is 0 Å². The van der Waals surface area contributed by atoms with Gasteiger partial charge in [0.2, 0.25) is 0 Å². The van der Waals surface area contributed by atoms with Crippen LogP contribution in [-0.4, -0.2) is 24.6 Å². The van der Waals surface area contributed by atoms with E-state index in [0.29, 0.717) is 27.9 Å². The predicted octanol–water partition coefficient (Wildman–Crippen LogP) is 5.02. The molecule has 5 nitrogen and oxygen atoms in total. The first-order valence-corrected chi connectivity index (χ1v) is 9.15. The number of nitrogens with one attached hydrogen (secondary N) is 1. The number of halogens is 2. The number of amides is 1. The quantitative estimate of drug-likeness (QED) is 0.651. The highest BCUT2D eigenvalue weighted by Gasteiger charge is 2.14. The van der Waals surface area contributed by atoms with Crippen LogP contribution in [-0.2, 0) is 20.9 Å². The average Bonchev–Trinajstić information content (AvgIpc) is 2.65. The molecule has 0 aromatic heterocycles. The van der Waals surface area contributed by atoms with Crippen LogP contribution in [0.4, 0.5) is 5.69 Å². The first kappa shape index (κ1) is 21.2. The summed E-state index contributed by atoms with van der Waals surface area (Å²) in [6.07, 6.45) is 0.128. The molecule has 2 aromatic rings. The van der Waals surface area contributed by atoms with Crippen molar-refractivity contribution in [2.75, 3.05) is 11.9 Å². The fourth-order valence-corrected chi connectivity index (χ4v) is 2.63. The van der Waals surface area contributed by atoms with E-state index in [1.54, 1.807) is 43.3 Å². The first-order chi connectivity index (χ1) is 12.8. The Morgan fingerprint density at radius 3 is 2.37 bits per heavy atom. The maximum atomic E-state index is 12.1. The van der Waals surface area contributed by atoms with Gasteiger partial charge in [-0.25, -0.2) is 4.79 Å². The number of aryl methyl sites for hydroxylation is 1. The Hall–Kier alpha value is -2.08. The van der Waals surface area contributed by atoms with Crippen molar-refractivity contribution in [2.45, 2.75) is 33.5 Å². The van der Waals surface area contributed by atoms with Crippen LogP contribution >= 0.6 is 23.2 Å². The van der Waals surface area contributed by atoms with Gasteiger partial charge in [0.05, 0.1) is 34.0 Å². The summed E-state index contributed by atoms with van der Waals surface area (Å²) in [4.78, 5) is 24.1. The molecule has 7 heteroatoms. The summed E-state index contributed by atoms with van der Waals surface area (Å²) in [6, 6.07) is 10.2. The lowest BCUT2D eigenvalue weighted by Crippen LogP contribution is -2.21. The third kappa shape index (κ3) is 6.24. The Bertz CT molecular complexity index is 819. The molecule has 2 aromatic carbocycles. The lowest BCUT2D eigenvalue weighted by Gasteiger charge is -2.11. The number of benzene rings is 2. The minimum Gasteiger partial charge on any atom is -0.452 e. The number of hydrogen-bond acceptors (Lipinski definition) is 4. The molecule has 0 aliphatic heterocycles. The fourth-order valence-electron chi connectivity index (χ4n) is 2.16. The van der Waals surface area contributed by atoms with E-state index in [4.69, 9.17) is 32.7 Å². The Labute approximate surface area is 168 Å². The third-order valence-electron chi connectivity index (χ3n) is 3.66. The standard InChI is InChI=1S/C20H21Cl2NO4/c1-12(2)26-10-14-5-7-15(8-6-14)20(25)27-11-17(24)23-19-16(21)9-4-13(3)18(19)22/h4-9,12H,10-11H2,1-3H3,(H,23,24). The van der Waals surface area contributed by atoms with Gasteiger partial charge < -0.3 is 14.8 Å². The van der Waals surface area contributed by atoms with Crippen molar-refractivity contribution in [3.63, 3.8) is 0 Å². The monoisotopic (exact) mass is 409 g/mol. The van der Waals surface area contributed by atoms with E-state index in [1.807, 2.05) is 13.8 Å². The van der Waals surface area contributed by atoms with E-state index >= 15 is 0 Å². The molecule has 27 heavy (non-hydrogen) atoms. The molecular weight excluding hydrogens is 389 g/mol. The fraction of sp³-hybridized carbons (Fsp3) is 0.300.